The predicted octanol–water partition coefficient (Wildman–Crippen LogP) is 3.10. The van der Waals surface area contributed by atoms with E-state index >= 15 is 0 Å². The molecule has 2 heterocycles. The van der Waals surface area contributed by atoms with Gasteiger partial charge in [-0.25, -0.2) is 0 Å². The maximum Gasteiger partial charge on any atom is 0.160 e. The second kappa shape index (κ2) is 6.45. The Bertz CT molecular complexity index is 669. The first-order valence-electron chi connectivity index (χ1n) is 8.14. The van der Waals surface area contributed by atoms with Crippen LogP contribution >= 0.6 is 0 Å². The van der Waals surface area contributed by atoms with Gasteiger partial charge in [0.15, 0.2) is 11.5 Å². The van der Waals surface area contributed by atoms with Gasteiger partial charge in [-0.05, 0) is 37.3 Å². The van der Waals surface area contributed by atoms with Crippen LogP contribution in [0.1, 0.15) is 51.4 Å². The fraction of sp³-hybridized carbons (Fsp3) is 0.588. The zero-order valence-corrected chi connectivity index (χ0v) is 13.2. The van der Waals surface area contributed by atoms with Gasteiger partial charge >= 0.3 is 0 Å². The van der Waals surface area contributed by atoms with Crippen LogP contribution in [0, 0.1) is 23.2 Å². The third kappa shape index (κ3) is 2.97. The third-order valence-electron chi connectivity index (χ3n) is 4.56. The molecule has 22 heavy (non-hydrogen) atoms. The van der Waals surface area contributed by atoms with Gasteiger partial charge in [-0.2, -0.15) is 5.26 Å². The quantitative estimate of drug-likeness (QED) is 0.941. The SMILES string of the molecule is CC(C)[C@H](N[C@@H]1CCC[C@H](C#N)C1)c1nnc2ccccn12. The van der Waals surface area contributed by atoms with Gasteiger partial charge in [0.25, 0.3) is 0 Å². The molecular formula is C17H23N5. The lowest BCUT2D eigenvalue weighted by Crippen LogP contribution is -2.39. The zero-order valence-electron chi connectivity index (χ0n) is 13.2. The monoisotopic (exact) mass is 297 g/mol. The second-order valence-corrected chi connectivity index (χ2v) is 6.56. The summed E-state index contributed by atoms with van der Waals surface area (Å²) in [6, 6.07) is 8.92. The second-order valence-electron chi connectivity index (χ2n) is 6.56. The third-order valence-corrected chi connectivity index (χ3v) is 4.56. The first-order valence-corrected chi connectivity index (χ1v) is 8.14. The maximum absolute atomic E-state index is 9.17. The molecule has 0 radical (unpaired) electrons. The van der Waals surface area contributed by atoms with Crippen molar-refractivity contribution >= 4 is 5.65 Å². The smallest absolute Gasteiger partial charge is 0.160 e. The van der Waals surface area contributed by atoms with Gasteiger partial charge in [0.2, 0.25) is 0 Å². The summed E-state index contributed by atoms with van der Waals surface area (Å²) in [7, 11) is 0. The number of hydrogen-bond donors (Lipinski definition) is 1. The summed E-state index contributed by atoms with van der Waals surface area (Å²) in [5.41, 5.74) is 0.878. The van der Waals surface area contributed by atoms with Crippen LogP contribution in [0.25, 0.3) is 5.65 Å². The lowest BCUT2D eigenvalue weighted by Gasteiger charge is -2.31. The standard InChI is InChI=1S/C17H23N5/c1-12(2)16(19-14-7-5-6-13(10-14)11-18)17-21-20-15-8-3-4-9-22(15)17/h3-4,8-9,12-14,16,19H,5-7,10H2,1-2H3/t13-,14+,16-/m0/s1. The fourth-order valence-corrected chi connectivity index (χ4v) is 3.35. The molecule has 0 saturated heterocycles. The highest BCUT2D eigenvalue weighted by atomic mass is 15.3. The van der Waals surface area contributed by atoms with Gasteiger partial charge in [-0.3, -0.25) is 4.40 Å². The van der Waals surface area contributed by atoms with Crippen LogP contribution in [0.3, 0.4) is 0 Å². The summed E-state index contributed by atoms with van der Waals surface area (Å²) in [5, 5.41) is 21.6. The Labute approximate surface area is 131 Å². The number of hydrogen-bond acceptors (Lipinski definition) is 4. The lowest BCUT2D eigenvalue weighted by molar-refractivity contribution is 0.268. The normalized spacial score (nSPS) is 23.5. The Morgan fingerprint density at radius 2 is 2.18 bits per heavy atom. The number of nitrogens with one attached hydrogen (secondary N) is 1. The average molecular weight is 297 g/mol. The van der Waals surface area contributed by atoms with Gasteiger partial charge in [-0.1, -0.05) is 26.3 Å². The maximum atomic E-state index is 9.17. The van der Waals surface area contributed by atoms with Crippen molar-refractivity contribution < 1.29 is 0 Å². The molecule has 3 rings (SSSR count). The minimum absolute atomic E-state index is 0.153. The van der Waals surface area contributed by atoms with E-state index in [1.807, 2.05) is 24.4 Å². The van der Waals surface area contributed by atoms with Gasteiger partial charge in [0.1, 0.15) is 0 Å². The van der Waals surface area contributed by atoms with E-state index in [9.17, 15) is 5.26 Å². The number of fused-ring (bicyclic) bond motifs is 1. The van der Waals surface area contributed by atoms with Crippen LogP contribution in [0.5, 0.6) is 0 Å². The highest BCUT2D eigenvalue weighted by Gasteiger charge is 2.28. The van der Waals surface area contributed by atoms with E-state index in [-0.39, 0.29) is 12.0 Å². The highest BCUT2D eigenvalue weighted by Crippen LogP contribution is 2.28. The van der Waals surface area contributed by atoms with Crippen LogP contribution in [-0.2, 0) is 0 Å². The van der Waals surface area contributed by atoms with E-state index < -0.39 is 0 Å². The Hall–Kier alpha value is -1.93. The molecule has 116 valence electrons. The number of nitrogens with zero attached hydrogens (tertiary/aromatic N) is 4. The van der Waals surface area contributed by atoms with Crippen molar-refractivity contribution in [2.24, 2.45) is 11.8 Å². The van der Waals surface area contributed by atoms with Crippen LogP contribution in [-0.4, -0.2) is 20.6 Å². The summed E-state index contributed by atoms with van der Waals surface area (Å²) >= 11 is 0. The molecule has 1 N–H and O–H groups in total. The molecule has 5 nitrogen and oxygen atoms in total. The fourth-order valence-electron chi connectivity index (χ4n) is 3.35. The summed E-state index contributed by atoms with van der Waals surface area (Å²) in [4.78, 5) is 0. The molecule has 0 aliphatic heterocycles. The minimum Gasteiger partial charge on any atom is -0.304 e. The summed E-state index contributed by atoms with van der Waals surface area (Å²) < 4.78 is 2.06. The number of pyridine rings is 1. The predicted molar refractivity (Wildman–Crippen MR) is 85.1 cm³/mol. The molecule has 0 amide bonds. The molecule has 0 bridgehead atoms. The van der Waals surface area contributed by atoms with Crippen molar-refractivity contribution in [2.45, 2.75) is 51.6 Å². The molecule has 3 atom stereocenters. The summed E-state index contributed by atoms with van der Waals surface area (Å²) in [6.45, 7) is 4.40. The van der Waals surface area contributed by atoms with Crippen molar-refractivity contribution in [1.82, 2.24) is 19.9 Å². The van der Waals surface area contributed by atoms with Gasteiger partial charge < -0.3 is 5.32 Å². The number of nitriles is 1. The van der Waals surface area contributed by atoms with Gasteiger partial charge in [-0.15, -0.1) is 10.2 Å². The Balaban J connectivity index is 1.83. The van der Waals surface area contributed by atoms with Gasteiger partial charge in [0, 0.05) is 18.2 Å². The molecule has 1 aliphatic carbocycles. The van der Waals surface area contributed by atoms with Crippen LogP contribution < -0.4 is 5.32 Å². The number of rotatable bonds is 4. The Morgan fingerprint density at radius 1 is 1.32 bits per heavy atom. The molecule has 2 aromatic heterocycles. The van der Waals surface area contributed by atoms with E-state index in [1.165, 1.54) is 0 Å². The summed E-state index contributed by atoms with van der Waals surface area (Å²) in [5.74, 6) is 1.56. The van der Waals surface area contributed by atoms with E-state index in [1.54, 1.807) is 0 Å². The molecule has 1 aliphatic rings. The molecule has 2 aromatic rings. The zero-order chi connectivity index (χ0) is 15.5. The summed E-state index contributed by atoms with van der Waals surface area (Å²) in [6.07, 6.45) is 6.26. The Kier molecular flexibility index (Phi) is 4.39. The molecule has 1 saturated carbocycles. The van der Waals surface area contributed by atoms with E-state index in [4.69, 9.17) is 0 Å². The highest BCUT2D eigenvalue weighted by molar-refractivity contribution is 5.37. The first-order chi connectivity index (χ1) is 10.7. The van der Waals surface area contributed by atoms with Crippen molar-refractivity contribution in [3.63, 3.8) is 0 Å². The molecular weight excluding hydrogens is 274 g/mol. The van der Waals surface area contributed by atoms with Crippen molar-refractivity contribution in [1.29, 1.82) is 5.26 Å². The van der Waals surface area contributed by atoms with E-state index in [0.717, 1.165) is 37.2 Å². The molecule has 0 spiro atoms. The lowest BCUT2D eigenvalue weighted by atomic mass is 9.85. The van der Waals surface area contributed by atoms with Crippen molar-refractivity contribution in [3.05, 3.63) is 30.2 Å². The van der Waals surface area contributed by atoms with Crippen molar-refractivity contribution in [2.75, 3.05) is 0 Å². The number of aromatic nitrogens is 3. The molecule has 0 aromatic carbocycles. The van der Waals surface area contributed by atoms with Crippen LogP contribution in [0.2, 0.25) is 0 Å². The minimum atomic E-state index is 0.153. The van der Waals surface area contributed by atoms with E-state index in [2.05, 4.69) is 39.8 Å². The van der Waals surface area contributed by atoms with Gasteiger partial charge in [0.05, 0.1) is 12.1 Å². The van der Waals surface area contributed by atoms with Crippen molar-refractivity contribution in [3.8, 4) is 6.07 Å². The molecule has 1 fully saturated rings. The van der Waals surface area contributed by atoms with E-state index in [0.29, 0.717) is 12.0 Å². The van der Waals surface area contributed by atoms with Crippen LogP contribution in [0.15, 0.2) is 24.4 Å². The molecule has 5 heteroatoms. The van der Waals surface area contributed by atoms with Crippen LogP contribution in [0.4, 0.5) is 0 Å². The topological polar surface area (TPSA) is 66.0 Å². The average Bonchev–Trinajstić information content (AvgIpc) is 2.96. The Morgan fingerprint density at radius 3 is 2.95 bits per heavy atom. The molecule has 0 unspecified atom stereocenters. The largest absolute Gasteiger partial charge is 0.304 e. The first kappa shape index (κ1) is 15.0.